The predicted molar refractivity (Wildman–Crippen MR) is 275 cm³/mol. The van der Waals surface area contributed by atoms with Crippen LogP contribution in [0.1, 0.15) is 0 Å². The summed E-state index contributed by atoms with van der Waals surface area (Å²) in [7, 11) is 0. The molecule has 3 aromatic heterocycles. The molecule has 0 atom stereocenters. The maximum Gasteiger partial charge on any atom is 0.164 e. The molecule has 13 rings (SSSR count). The van der Waals surface area contributed by atoms with Crippen LogP contribution in [-0.4, -0.2) is 80.7 Å². The molecule has 8 aromatic carbocycles. The van der Waals surface area contributed by atoms with E-state index in [4.69, 9.17) is 48.9 Å². The average molecular weight is 1010 g/mol. The maximum absolute atomic E-state index is 10.2. The number of nitrogens with one attached hydrogen (secondary N) is 2. The van der Waals surface area contributed by atoms with Gasteiger partial charge >= 0.3 is 0 Å². The van der Waals surface area contributed by atoms with E-state index in [9.17, 15) is 40.9 Å². The molecule has 10 N–H and O–H groups in total. The first-order valence-electron chi connectivity index (χ1n) is 23.0. The van der Waals surface area contributed by atoms with Crippen LogP contribution in [0.4, 0.5) is 0 Å². The van der Waals surface area contributed by atoms with Crippen molar-refractivity contribution in [3.8, 4) is 138 Å². The van der Waals surface area contributed by atoms with E-state index in [2.05, 4.69) is 9.97 Å². The van der Waals surface area contributed by atoms with Crippen LogP contribution in [-0.2, 0) is 0 Å². The van der Waals surface area contributed by atoms with Crippen LogP contribution in [0, 0.1) is 0 Å². The van der Waals surface area contributed by atoms with Gasteiger partial charge in [0.15, 0.2) is 23.3 Å². The minimum atomic E-state index is -0.204. The summed E-state index contributed by atoms with van der Waals surface area (Å²) >= 11 is 0. The van der Waals surface area contributed by atoms with Crippen molar-refractivity contribution < 1.29 is 59.8 Å². The Bertz CT molecular complexity index is 4080. The minimum Gasteiger partial charge on any atom is -0.508 e. The van der Waals surface area contributed by atoms with E-state index in [1.165, 1.54) is 72.8 Å². The molecule has 20 nitrogen and oxygen atoms in total. The number of rotatable bonds is 8. The zero-order valence-electron chi connectivity index (χ0n) is 38.8. The van der Waals surface area contributed by atoms with Crippen LogP contribution in [0.25, 0.3) is 89.7 Å². The van der Waals surface area contributed by atoms with Gasteiger partial charge in [0.2, 0.25) is 0 Å². The first kappa shape index (κ1) is 44.6. The van der Waals surface area contributed by atoms with E-state index in [1.807, 2.05) is 0 Å². The number of aromatic amines is 2. The number of benzene rings is 8. The second-order valence-electron chi connectivity index (χ2n) is 17.6. The van der Waals surface area contributed by atoms with Gasteiger partial charge in [-0.05, 0) is 72.8 Å². The van der Waals surface area contributed by atoms with Crippen molar-refractivity contribution in [3.63, 3.8) is 0 Å². The lowest BCUT2D eigenvalue weighted by atomic mass is 10.1. The fourth-order valence-corrected chi connectivity index (χ4v) is 9.02. The summed E-state index contributed by atoms with van der Waals surface area (Å²) in [6.07, 6.45) is 0. The molecule has 0 spiro atoms. The molecule has 370 valence electrons. The molecule has 11 aromatic rings. The zero-order chi connectivity index (χ0) is 51.9. The molecule has 2 aliphatic heterocycles. The van der Waals surface area contributed by atoms with Gasteiger partial charge in [-0.15, -0.1) is 0 Å². The Balaban J connectivity index is 1.07. The fraction of sp³-hybridized carbons (Fsp3) is 0. The zero-order valence-corrected chi connectivity index (χ0v) is 38.8. The second kappa shape index (κ2) is 17.2. The lowest BCUT2D eigenvalue weighted by Crippen LogP contribution is -1.88. The average Bonchev–Trinajstić information content (AvgIpc) is 4.08. The number of aromatic nitrogens is 8. The van der Waals surface area contributed by atoms with Gasteiger partial charge in [0.25, 0.3) is 0 Å². The molecule has 0 saturated carbocycles. The van der Waals surface area contributed by atoms with Crippen molar-refractivity contribution in [2.24, 2.45) is 0 Å². The number of nitrogens with zero attached hydrogens (tertiary/aromatic N) is 6. The summed E-state index contributed by atoms with van der Waals surface area (Å²) in [5.74, 6) is 1.16. The van der Waals surface area contributed by atoms with Gasteiger partial charge in [-0.1, -0.05) is 0 Å². The largest absolute Gasteiger partial charge is 0.508 e. The van der Waals surface area contributed by atoms with Gasteiger partial charge in [0.1, 0.15) is 115 Å². The van der Waals surface area contributed by atoms with Gasteiger partial charge in [-0.2, -0.15) is 0 Å². The van der Waals surface area contributed by atoms with Crippen molar-refractivity contribution in [3.05, 3.63) is 146 Å². The molecule has 0 radical (unpaired) electrons. The van der Waals surface area contributed by atoms with E-state index >= 15 is 0 Å². The molecule has 2 aliphatic rings. The van der Waals surface area contributed by atoms with Crippen molar-refractivity contribution in [1.29, 1.82) is 0 Å². The third-order valence-corrected chi connectivity index (χ3v) is 12.2. The monoisotopic (exact) mass is 1010 g/mol. The number of aromatic hydroxyl groups is 8. The highest BCUT2D eigenvalue weighted by Gasteiger charge is 2.25. The number of phenolic OH excluding ortho intramolecular Hbond substituents is 8. The quantitative estimate of drug-likeness (QED) is 0.0676. The number of fused-ring (bicyclic) bond motifs is 20. The Kier molecular flexibility index (Phi) is 10.1. The smallest absolute Gasteiger partial charge is 0.164 e. The predicted octanol–water partition coefficient (Wildman–Crippen LogP) is 11.7. The van der Waals surface area contributed by atoms with Gasteiger partial charge in [0, 0.05) is 117 Å². The summed E-state index contributed by atoms with van der Waals surface area (Å²) in [6, 6.07) is 36.2. The normalized spacial score (nSPS) is 11.6. The summed E-state index contributed by atoms with van der Waals surface area (Å²) < 4.78 is 24.5. The third-order valence-electron chi connectivity index (χ3n) is 12.2. The van der Waals surface area contributed by atoms with E-state index in [1.54, 1.807) is 72.8 Å². The molecule has 8 bridgehead atoms. The fourth-order valence-electron chi connectivity index (χ4n) is 9.02. The summed E-state index contributed by atoms with van der Waals surface area (Å²) in [6.45, 7) is 0. The van der Waals surface area contributed by atoms with Gasteiger partial charge in [-0.3, -0.25) is 0 Å². The number of H-pyrrole nitrogens is 2. The Morgan fingerprint density at radius 1 is 0.237 bits per heavy atom. The van der Waals surface area contributed by atoms with Gasteiger partial charge in [0.05, 0.1) is 0 Å². The van der Waals surface area contributed by atoms with Crippen LogP contribution in [0.15, 0.2) is 146 Å². The molecule has 76 heavy (non-hydrogen) atoms. The van der Waals surface area contributed by atoms with Gasteiger partial charge < -0.3 is 69.8 Å². The van der Waals surface area contributed by atoms with E-state index in [0.717, 1.165) is 0 Å². The van der Waals surface area contributed by atoms with Crippen LogP contribution >= 0.6 is 0 Å². The second-order valence-corrected chi connectivity index (χ2v) is 17.6. The number of phenols is 8. The molecule has 0 amide bonds. The first-order chi connectivity index (χ1) is 36.7. The summed E-state index contributed by atoms with van der Waals surface area (Å²) in [4.78, 5) is 37.2. The van der Waals surface area contributed by atoms with Crippen molar-refractivity contribution >= 4 is 44.1 Å². The van der Waals surface area contributed by atoms with E-state index < -0.39 is 0 Å². The number of ether oxygens (including phenoxy) is 4. The maximum atomic E-state index is 10.2. The lowest BCUT2D eigenvalue weighted by Gasteiger charge is -2.08. The third kappa shape index (κ3) is 8.39. The molecule has 5 heterocycles. The van der Waals surface area contributed by atoms with Crippen LogP contribution in [0.2, 0.25) is 0 Å². The molecule has 0 unspecified atom stereocenters. The molecular formula is C56H34N8O12. The summed E-state index contributed by atoms with van der Waals surface area (Å²) in [5.41, 5.74) is 3.30. The lowest BCUT2D eigenvalue weighted by molar-refractivity contribution is 0.430. The highest BCUT2D eigenvalue weighted by Crippen LogP contribution is 2.43. The minimum absolute atomic E-state index is 0.163. The first-order valence-corrected chi connectivity index (χ1v) is 23.0. The van der Waals surface area contributed by atoms with Gasteiger partial charge in [-0.25, -0.2) is 29.9 Å². The Morgan fingerprint density at radius 3 is 0.816 bits per heavy atom. The highest BCUT2D eigenvalue weighted by atomic mass is 16.5. The number of hydrogen-bond donors (Lipinski definition) is 10. The van der Waals surface area contributed by atoms with Crippen LogP contribution in [0.5, 0.6) is 92.0 Å². The SMILES string of the molecule is Oc1cc(O)cc(Oc2ccc3c(c2)-c2nc-3nc3[nH]c(nc4nc(nc5[nH]c(n2)c2ccc(Oc6cc(O)cc(O)c6)cc52)-c2ccc(Oc5cc(O)cc(O)c5)cc2-4)c2ccc(Oc4cc(O)cc(O)c4)cc32)c1. The standard InChI is InChI=1S/C56H34N8O12/c65-25-9-26(66)14-37(13-25)73-33-1-5-41-45(21-33)53-57-49(41)61-54-46-22-34(74-38-15-27(67)10-28(68)16-38)2-6-42(46)51(58-54)63-56-48-24-36(76-40-19-31(71)12-32(72)20-40)4-8-44(48)52(60-56)64-55-47-23-35(3-7-43(47)50(59-55)62-53)75-39-17-29(69)11-30(70)18-39/h1-24,65-72H,(H2,57,58,59,60,61,62,63,64). The molecule has 0 aliphatic carbocycles. The van der Waals surface area contributed by atoms with E-state index in [0.29, 0.717) is 89.4 Å². The molecule has 0 saturated heterocycles. The Hall–Kier alpha value is -11.3. The highest BCUT2D eigenvalue weighted by molar-refractivity contribution is 6.07. The Morgan fingerprint density at radius 2 is 0.500 bits per heavy atom. The van der Waals surface area contributed by atoms with Crippen LogP contribution in [0.3, 0.4) is 0 Å². The number of hydrogen-bond acceptors (Lipinski definition) is 18. The molecule has 0 fully saturated rings. The van der Waals surface area contributed by atoms with Crippen molar-refractivity contribution in [1.82, 2.24) is 39.9 Å². The Labute approximate surface area is 425 Å². The van der Waals surface area contributed by atoms with Crippen molar-refractivity contribution in [2.45, 2.75) is 0 Å². The molecule has 20 heteroatoms. The van der Waals surface area contributed by atoms with Crippen molar-refractivity contribution in [2.75, 3.05) is 0 Å². The summed E-state index contributed by atoms with van der Waals surface area (Å²) in [5, 5.41) is 84.0. The van der Waals surface area contributed by atoms with Crippen LogP contribution < -0.4 is 18.9 Å². The molecular weight excluding hydrogens is 977 g/mol. The van der Waals surface area contributed by atoms with E-state index in [-0.39, 0.29) is 92.3 Å². The topological polar surface area (TPSA) is 308 Å².